The van der Waals surface area contributed by atoms with Crippen LogP contribution in [0.25, 0.3) is 0 Å². The van der Waals surface area contributed by atoms with Crippen molar-refractivity contribution in [1.82, 2.24) is 0 Å². The third-order valence-corrected chi connectivity index (χ3v) is 7.33. The van der Waals surface area contributed by atoms with Gasteiger partial charge in [-0.25, -0.2) is 4.99 Å². The summed E-state index contributed by atoms with van der Waals surface area (Å²) in [5, 5.41) is 10.4. The van der Waals surface area contributed by atoms with Gasteiger partial charge in [-0.1, -0.05) is 66.4 Å². The Balaban J connectivity index is 1.80. The summed E-state index contributed by atoms with van der Waals surface area (Å²) in [6, 6.07) is 28.3. The number of thioether (sulfide) groups is 2. The summed E-state index contributed by atoms with van der Waals surface area (Å²) in [6.07, 6.45) is 0.570. The van der Waals surface area contributed by atoms with E-state index in [1.165, 1.54) is 0 Å². The van der Waals surface area contributed by atoms with Gasteiger partial charge in [0.15, 0.2) is 0 Å². The number of carboxylic acids is 1. The Labute approximate surface area is 172 Å². The number of hydrogen-bond acceptors (Lipinski definition) is 4. The van der Waals surface area contributed by atoms with E-state index < -0.39 is 10.7 Å². The number of aliphatic carboxylic acids is 1. The van der Waals surface area contributed by atoms with Gasteiger partial charge in [0.25, 0.3) is 0 Å². The van der Waals surface area contributed by atoms with Gasteiger partial charge in [-0.2, -0.15) is 0 Å². The fraction of sp³-hybridized carbons (Fsp3) is 0.130. The maximum atomic E-state index is 11.5. The van der Waals surface area contributed by atoms with Crippen LogP contribution in [-0.4, -0.2) is 16.1 Å². The van der Waals surface area contributed by atoms with Crippen molar-refractivity contribution in [2.75, 3.05) is 0 Å². The third kappa shape index (κ3) is 3.86. The van der Waals surface area contributed by atoms with Crippen LogP contribution in [0.3, 0.4) is 0 Å². The molecule has 0 unspecified atom stereocenters. The fourth-order valence-electron chi connectivity index (χ4n) is 3.30. The largest absolute Gasteiger partial charge is 0.481 e. The maximum Gasteiger partial charge on any atom is 0.303 e. The van der Waals surface area contributed by atoms with E-state index >= 15 is 0 Å². The Kier molecular flexibility index (Phi) is 5.55. The number of carboxylic acid groups (broad SMARTS) is 1. The smallest absolute Gasteiger partial charge is 0.303 e. The predicted molar refractivity (Wildman–Crippen MR) is 117 cm³/mol. The highest BCUT2D eigenvalue weighted by molar-refractivity contribution is 8.16. The molecule has 0 radical (unpaired) electrons. The van der Waals surface area contributed by atoms with Gasteiger partial charge in [0, 0.05) is 21.8 Å². The van der Waals surface area contributed by atoms with Gasteiger partial charge in [0.2, 0.25) is 0 Å². The molecule has 0 aromatic heterocycles. The van der Waals surface area contributed by atoms with Gasteiger partial charge in [0.05, 0.1) is 15.5 Å². The minimum Gasteiger partial charge on any atom is -0.481 e. The van der Waals surface area contributed by atoms with Gasteiger partial charge >= 0.3 is 5.97 Å². The molecule has 1 atom stereocenters. The zero-order valence-corrected chi connectivity index (χ0v) is 16.7. The van der Waals surface area contributed by atoms with E-state index in [0.29, 0.717) is 6.42 Å². The molecule has 0 amide bonds. The van der Waals surface area contributed by atoms with Crippen LogP contribution in [0.15, 0.2) is 99.7 Å². The van der Waals surface area contributed by atoms with Crippen molar-refractivity contribution in [2.45, 2.75) is 27.4 Å². The summed E-state index contributed by atoms with van der Waals surface area (Å²) in [5.41, 5.74) is 2.01. The van der Waals surface area contributed by atoms with Gasteiger partial charge < -0.3 is 5.11 Å². The minimum atomic E-state index is -0.790. The molecule has 28 heavy (non-hydrogen) atoms. The Morgan fingerprint density at radius 1 is 0.857 bits per heavy atom. The van der Waals surface area contributed by atoms with Crippen LogP contribution < -0.4 is 0 Å². The first-order valence-corrected chi connectivity index (χ1v) is 10.7. The molecule has 1 aliphatic rings. The number of rotatable bonds is 6. The van der Waals surface area contributed by atoms with Crippen LogP contribution in [0.1, 0.15) is 18.4 Å². The molecule has 1 N–H and O–H groups in total. The van der Waals surface area contributed by atoms with Crippen molar-refractivity contribution >= 4 is 40.2 Å². The summed E-state index contributed by atoms with van der Waals surface area (Å²) in [7, 11) is 0. The van der Waals surface area contributed by atoms with Crippen molar-refractivity contribution in [3.05, 3.63) is 90.5 Å². The van der Waals surface area contributed by atoms with Crippen LogP contribution in [0.2, 0.25) is 0 Å². The second-order valence-electron chi connectivity index (χ2n) is 6.49. The first kappa shape index (κ1) is 18.8. The Hall–Kier alpha value is -2.50. The first-order valence-electron chi connectivity index (χ1n) is 9.05. The molecular weight excluding hydrogens is 386 g/mol. The molecule has 0 bridgehead atoms. The molecule has 0 spiro atoms. The van der Waals surface area contributed by atoms with E-state index in [0.717, 1.165) is 26.1 Å². The second kappa shape index (κ2) is 8.25. The average Bonchev–Trinajstić information content (AvgIpc) is 3.01. The highest BCUT2D eigenvalue weighted by Crippen LogP contribution is 2.56. The van der Waals surface area contributed by atoms with Crippen LogP contribution in [0.5, 0.6) is 0 Å². The molecule has 3 nitrogen and oxygen atoms in total. The SMILES string of the molecule is O=C(O)CC[C@]1(Sc2ccccc2)C(Sc2ccccc2)=Nc2ccccc21. The van der Waals surface area contributed by atoms with E-state index in [9.17, 15) is 9.90 Å². The zero-order valence-electron chi connectivity index (χ0n) is 15.1. The fourth-order valence-corrected chi connectivity index (χ4v) is 5.90. The number of hydrogen-bond donors (Lipinski definition) is 1. The van der Waals surface area contributed by atoms with E-state index in [1.807, 2.05) is 54.6 Å². The lowest BCUT2D eigenvalue weighted by Crippen LogP contribution is -2.28. The minimum absolute atomic E-state index is 0.0859. The topological polar surface area (TPSA) is 49.7 Å². The number of carbonyl (C=O) groups is 1. The van der Waals surface area contributed by atoms with E-state index in [2.05, 4.69) is 30.3 Å². The molecule has 1 heterocycles. The second-order valence-corrected chi connectivity index (χ2v) is 8.92. The van der Waals surface area contributed by atoms with Crippen molar-refractivity contribution in [1.29, 1.82) is 0 Å². The lowest BCUT2D eigenvalue weighted by Gasteiger charge is -2.31. The van der Waals surface area contributed by atoms with Crippen molar-refractivity contribution in [3.8, 4) is 0 Å². The Bertz CT molecular complexity index is 1010. The Morgan fingerprint density at radius 2 is 1.46 bits per heavy atom. The molecule has 3 aromatic carbocycles. The standard InChI is InChI=1S/C23H19NO2S2/c25-21(26)15-16-23(28-18-11-5-2-6-12-18)19-13-7-8-14-20(19)24-22(23)27-17-9-3-1-4-10-17/h1-14H,15-16H2,(H,25,26)/t23-/m1/s1. The molecule has 0 aliphatic carbocycles. The van der Waals surface area contributed by atoms with Crippen LogP contribution >= 0.6 is 23.5 Å². The van der Waals surface area contributed by atoms with Crippen LogP contribution in [0, 0.1) is 0 Å². The number of aliphatic imine (C=N–C) groups is 1. The van der Waals surface area contributed by atoms with E-state index in [4.69, 9.17) is 4.99 Å². The van der Waals surface area contributed by atoms with Gasteiger partial charge in [-0.05, 0) is 36.8 Å². The number of nitrogens with zero attached hydrogens (tertiary/aromatic N) is 1. The lowest BCUT2D eigenvalue weighted by molar-refractivity contribution is -0.137. The monoisotopic (exact) mass is 405 g/mol. The molecule has 4 rings (SSSR count). The molecule has 5 heteroatoms. The lowest BCUT2D eigenvalue weighted by atomic mass is 9.95. The van der Waals surface area contributed by atoms with Crippen molar-refractivity contribution in [3.63, 3.8) is 0 Å². The van der Waals surface area contributed by atoms with Crippen molar-refractivity contribution in [2.24, 2.45) is 4.99 Å². The van der Waals surface area contributed by atoms with E-state index in [-0.39, 0.29) is 6.42 Å². The highest BCUT2D eigenvalue weighted by atomic mass is 32.2. The molecule has 0 fully saturated rings. The molecule has 140 valence electrons. The van der Waals surface area contributed by atoms with Crippen LogP contribution in [0.4, 0.5) is 5.69 Å². The molecule has 0 saturated heterocycles. The summed E-state index contributed by atoms with van der Waals surface area (Å²) < 4.78 is -0.517. The molecular formula is C23H19NO2S2. The normalized spacial score (nSPS) is 17.8. The highest BCUT2D eigenvalue weighted by Gasteiger charge is 2.45. The maximum absolute atomic E-state index is 11.5. The summed E-state index contributed by atoms with van der Waals surface area (Å²) in [6.45, 7) is 0. The van der Waals surface area contributed by atoms with Crippen molar-refractivity contribution < 1.29 is 9.90 Å². The van der Waals surface area contributed by atoms with Gasteiger partial charge in [-0.15, -0.1) is 11.8 Å². The van der Waals surface area contributed by atoms with Crippen LogP contribution in [-0.2, 0) is 9.54 Å². The summed E-state index contributed by atoms with van der Waals surface area (Å²) >= 11 is 3.32. The third-order valence-electron chi connectivity index (χ3n) is 4.59. The van der Waals surface area contributed by atoms with E-state index in [1.54, 1.807) is 23.5 Å². The zero-order chi connectivity index (χ0) is 19.4. The first-order chi connectivity index (χ1) is 13.7. The Morgan fingerprint density at radius 3 is 2.14 bits per heavy atom. The average molecular weight is 406 g/mol. The van der Waals surface area contributed by atoms with Gasteiger partial charge in [0.1, 0.15) is 0 Å². The summed E-state index contributed by atoms with van der Waals surface area (Å²) in [4.78, 5) is 18.6. The predicted octanol–water partition coefficient (Wildman–Crippen LogP) is 6.37. The quantitative estimate of drug-likeness (QED) is 0.517. The number of fused-ring (bicyclic) bond motifs is 1. The van der Waals surface area contributed by atoms with Gasteiger partial charge in [-0.3, -0.25) is 4.79 Å². The number of para-hydroxylation sites is 1. The number of benzene rings is 3. The summed E-state index contributed by atoms with van der Waals surface area (Å²) in [5.74, 6) is -0.790. The molecule has 1 aliphatic heterocycles. The molecule has 3 aromatic rings. The molecule has 0 saturated carbocycles.